The number of rotatable bonds is 4. The first-order valence-electron chi connectivity index (χ1n) is 7.40. The number of nitrogens with one attached hydrogen (secondary N) is 1. The smallest absolute Gasteiger partial charge is 0.261 e. The lowest BCUT2D eigenvalue weighted by atomic mass is 10.2. The maximum absolute atomic E-state index is 12.5. The molecular formula is C17H13N3O4S. The number of amides is 2. The Labute approximate surface area is 144 Å². The van der Waals surface area contributed by atoms with E-state index < -0.39 is 10.0 Å². The fourth-order valence-electron chi connectivity index (χ4n) is 2.51. The fraction of sp³-hybridized carbons (Fsp3) is 0.118. The number of anilines is 2. The van der Waals surface area contributed by atoms with Gasteiger partial charge in [-0.3, -0.25) is 19.2 Å². The van der Waals surface area contributed by atoms with Crippen LogP contribution in [0.2, 0.25) is 0 Å². The quantitative estimate of drug-likeness (QED) is 0.844. The average Bonchev–Trinajstić information content (AvgIpc) is 2.94. The van der Waals surface area contributed by atoms with E-state index in [1.807, 2.05) is 6.07 Å². The van der Waals surface area contributed by atoms with Crippen LogP contribution in [0.3, 0.4) is 0 Å². The summed E-state index contributed by atoms with van der Waals surface area (Å²) in [6, 6.07) is 13.6. The van der Waals surface area contributed by atoms with Gasteiger partial charge in [-0.25, -0.2) is 8.42 Å². The Bertz CT molecular complexity index is 975. The molecule has 0 saturated carbocycles. The molecule has 2 aromatic rings. The summed E-state index contributed by atoms with van der Waals surface area (Å²) >= 11 is 0. The monoisotopic (exact) mass is 355 g/mol. The van der Waals surface area contributed by atoms with Gasteiger partial charge < -0.3 is 0 Å². The van der Waals surface area contributed by atoms with Crippen LogP contribution in [0.1, 0.15) is 18.4 Å². The first-order chi connectivity index (χ1) is 11.9. The molecule has 1 fully saturated rings. The van der Waals surface area contributed by atoms with Gasteiger partial charge in [0.2, 0.25) is 11.8 Å². The highest BCUT2D eigenvalue weighted by Crippen LogP contribution is 2.25. The molecule has 0 spiro atoms. The van der Waals surface area contributed by atoms with Crippen LogP contribution in [0.4, 0.5) is 11.4 Å². The lowest BCUT2D eigenvalue weighted by Gasteiger charge is -2.14. The van der Waals surface area contributed by atoms with E-state index in [0.717, 1.165) is 4.90 Å². The van der Waals surface area contributed by atoms with E-state index in [2.05, 4.69) is 4.72 Å². The van der Waals surface area contributed by atoms with Crippen LogP contribution in [-0.2, 0) is 19.6 Å². The third-order valence-corrected chi connectivity index (χ3v) is 5.13. The molecule has 1 aliphatic rings. The third kappa shape index (κ3) is 3.22. The van der Waals surface area contributed by atoms with Crippen molar-refractivity contribution < 1.29 is 18.0 Å². The van der Waals surface area contributed by atoms with Gasteiger partial charge in [0.1, 0.15) is 6.07 Å². The molecular weight excluding hydrogens is 342 g/mol. The van der Waals surface area contributed by atoms with Crippen molar-refractivity contribution in [2.45, 2.75) is 17.7 Å². The summed E-state index contributed by atoms with van der Waals surface area (Å²) in [6.07, 6.45) is 0.316. The molecule has 2 aromatic carbocycles. The SMILES string of the molecule is N#Cc1ccccc1NS(=O)(=O)c1ccc(N2C(=O)CCC2=O)cc1. The first kappa shape index (κ1) is 16.7. The van der Waals surface area contributed by atoms with E-state index in [4.69, 9.17) is 5.26 Å². The van der Waals surface area contributed by atoms with Gasteiger partial charge in [-0.15, -0.1) is 0 Å². The summed E-state index contributed by atoms with van der Waals surface area (Å²) in [4.78, 5) is 24.5. The van der Waals surface area contributed by atoms with Crippen LogP contribution in [0.5, 0.6) is 0 Å². The van der Waals surface area contributed by atoms with Gasteiger partial charge in [0.15, 0.2) is 0 Å². The van der Waals surface area contributed by atoms with E-state index in [9.17, 15) is 18.0 Å². The van der Waals surface area contributed by atoms with E-state index in [0.29, 0.717) is 5.69 Å². The highest BCUT2D eigenvalue weighted by atomic mass is 32.2. The largest absolute Gasteiger partial charge is 0.278 e. The number of imide groups is 1. The Morgan fingerprint density at radius 3 is 2.16 bits per heavy atom. The second-order valence-corrected chi connectivity index (χ2v) is 7.06. The van der Waals surface area contributed by atoms with Gasteiger partial charge in [0.05, 0.1) is 21.8 Å². The minimum Gasteiger partial charge on any atom is -0.278 e. The van der Waals surface area contributed by atoms with Gasteiger partial charge in [-0.05, 0) is 36.4 Å². The maximum atomic E-state index is 12.5. The van der Waals surface area contributed by atoms with E-state index in [-0.39, 0.29) is 40.8 Å². The first-order valence-corrected chi connectivity index (χ1v) is 8.88. The number of nitriles is 1. The normalized spacial score (nSPS) is 14.4. The lowest BCUT2D eigenvalue weighted by Crippen LogP contribution is -2.28. The molecule has 3 rings (SSSR count). The maximum Gasteiger partial charge on any atom is 0.261 e. The standard InChI is InChI=1S/C17H13N3O4S/c18-11-12-3-1-2-4-15(12)19-25(23,24)14-7-5-13(6-8-14)20-16(21)9-10-17(20)22/h1-8,19H,9-10H2. The molecule has 25 heavy (non-hydrogen) atoms. The van der Waals surface area contributed by atoms with Crippen molar-refractivity contribution in [1.82, 2.24) is 0 Å². The van der Waals surface area contributed by atoms with Crippen molar-refractivity contribution in [2.75, 3.05) is 9.62 Å². The molecule has 0 atom stereocenters. The topological polar surface area (TPSA) is 107 Å². The minimum atomic E-state index is -3.90. The Balaban J connectivity index is 1.87. The van der Waals surface area contributed by atoms with Crippen molar-refractivity contribution >= 4 is 33.2 Å². The summed E-state index contributed by atoms with van der Waals surface area (Å²) < 4.78 is 27.3. The minimum absolute atomic E-state index is 0.0388. The van der Waals surface area contributed by atoms with Crippen LogP contribution in [-0.4, -0.2) is 20.2 Å². The summed E-state index contributed by atoms with van der Waals surface area (Å²) in [6.45, 7) is 0. The van der Waals surface area contributed by atoms with E-state index in [1.165, 1.54) is 36.4 Å². The van der Waals surface area contributed by atoms with Crippen molar-refractivity contribution in [1.29, 1.82) is 5.26 Å². The number of nitrogens with zero attached hydrogens (tertiary/aromatic N) is 2. The number of benzene rings is 2. The van der Waals surface area contributed by atoms with Gasteiger partial charge >= 0.3 is 0 Å². The zero-order chi connectivity index (χ0) is 18.0. The molecule has 0 aromatic heterocycles. The van der Waals surface area contributed by atoms with E-state index >= 15 is 0 Å². The molecule has 2 amide bonds. The second kappa shape index (κ2) is 6.37. The molecule has 1 heterocycles. The molecule has 126 valence electrons. The molecule has 1 saturated heterocycles. The van der Waals surface area contributed by atoms with Crippen LogP contribution >= 0.6 is 0 Å². The number of carbonyl (C=O) groups is 2. The summed E-state index contributed by atoms with van der Waals surface area (Å²) in [5.41, 5.74) is 0.721. The van der Waals surface area contributed by atoms with Gasteiger partial charge in [0, 0.05) is 12.8 Å². The second-order valence-electron chi connectivity index (χ2n) is 5.38. The number of hydrogen-bond donors (Lipinski definition) is 1. The molecule has 1 aliphatic heterocycles. The zero-order valence-electron chi connectivity index (χ0n) is 13.0. The molecule has 0 radical (unpaired) electrons. The predicted molar refractivity (Wildman–Crippen MR) is 90.1 cm³/mol. The molecule has 0 bridgehead atoms. The van der Waals surface area contributed by atoms with Crippen LogP contribution in [0.15, 0.2) is 53.4 Å². The van der Waals surface area contributed by atoms with Crippen LogP contribution in [0, 0.1) is 11.3 Å². The number of hydrogen-bond acceptors (Lipinski definition) is 5. The summed E-state index contributed by atoms with van der Waals surface area (Å²) in [5.74, 6) is -0.608. The lowest BCUT2D eigenvalue weighted by molar-refractivity contribution is -0.121. The Hall–Kier alpha value is -3.18. The van der Waals surface area contributed by atoms with Crippen LogP contribution in [0.25, 0.3) is 0 Å². The highest BCUT2D eigenvalue weighted by Gasteiger charge is 2.30. The summed E-state index contributed by atoms with van der Waals surface area (Å²) in [7, 11) is -3.90. The third-order valence-electron chi connectivity index (χ3n) is 3.75. The molecule has 1 N–H and O–H groups in total. The van der Waals surface area contributed by atoms with E-state index in [1.54, 1.807) is 12.1 Å². The molecule has 8 heteroatoms. The predicted octanol–water partition coefficient (Wildman–Crippen LogP) is 2.01. The highest BCUT2D eigenvalue weighted by molar-refractivity contribution is 7.92. The van der Waals surface area contributed by atoms with Gasteiger partial charge in [-0.2, -0.15) is 5.26 Å². The van der Waals surface area contributed by atoms with Crippen molar-refractivity contribution in [3.8, 4) is 6.07 Å². The fourth-order valence-corrected chi connectivity index (χ4v) is 3.59. The van der Waals surface area contributed by atoms with Gasteiger partial charge in [-0.1, -0.05) is 12.1 Å². The number of para-hydroxylation sites is 1. The number of sulfonamides is 1. The van der Waals surface area contributed by atoms with Gasteiger partial charge in [0.25, 0.3) is 10.0 Å². The molecule has 0 aliphatic carbocycles. The molecule has 7 nitrogen and oxygen atoms in total. The summed E-state index contributed by atoms with van der Waals surface area (Å²) in [5, 5.41) is 9.04. The Kier molecular flexibility index (Phi) is 4.25. The average molecular weight is 355 g/mol. The molecule has 0 unspecified atom stereocenters. The number of carbonyl (C=O) groups excluding carboxylic acids is 2. The Morgan fingerprint density at radius 2 is 1.56 bits per heavy atom. The zero-order valence-corrected chi connectivity index (χ0v) is 13.8. The van der Waals surface area contributed by atoms with Crippen molar-refractivity contribution in [3.05, 3.63) is 54.1 Å². The van der Waals surface area contributed by atoms with Crippen LogP contribution < -0.4 is 9.62 Å². The van der Waals surface area contributed by atoms with Crippen molar-refractivity contribution in [2.24, 2.45) is 0 Å². The Morgan fingerprint density at radius 1 is 0.960 bits per heavy atom. The van der Waals surface area contributed by atoms with Crippen molar-refractivity contribution in [3.63, 3.8) is 0 Å².